The number of anilines is 1. The van der Waals surface area contributed by atoms with E-state index in [2.05, 4.69) is 27.5 Å². The molecule has 0 aliphatic heterocycles. The highest BCUT2D eigenvalue weighted by Gasteiger charge is 2.32. The topological polar surface area (TPSA) is 49.3 Å². The average molecular weight is 344 g/mol. The summed E-state index contributed by atoms with van der Waals surface area (Å²) in [5, 5.41) is 12.5. The molecular formula is C14H18BrNO2S. The van der Waals surface area contributed by atoms with Crippen molar-refractivity contribution in [2.24, 2.45) is 0 Å². The summed E-state index contributed by atoms with van der Waals surface area (Å²) in [4.78, 5) is 11.0. The Balaban J connectivity index is 2.08. The molecule has 1 aromatic carbocycles. The van der Waals surface area contributed by atoms with Crippen LogP contribution in [-0.2, 0) is 0 Å². The average Bonchev–Trinajstić information content (AvgIpc) is 2.85. The lowest BCUT2D eigenvalue weighted by Gasteiger charge is -2.27. The molecule has 0 heterocycles. The van der Waals surface area contributed by atoms with Gasteiger partial charge in [0.2, 0.25) is 0 Å². The molecule has 2 N–H and O–H groups in total. The zero-order valence-corrected chi connectivity index (χ0v) is 13.3. The Hall–Kier alpha value is -0.680. The second-order valence-electron chi connectivity index (χ2n) is 4.98. The predicted molar refractivity (Wildman–Crippen MR) is 84.3 cm³/mol. The Labute approximate surface area is 126 Å². The number of hydrogen-bond donors (Lipinski definition) is 2. The molecular weight excluding hydrogens is 326 g/mol. The second kappa shape index (κ2) is 6.18. The maximum atomic E-state index is 11.0. The lowest BCUT2D eigenvalue weighted by Crippen LogP contribution is -2.30. The molecule has 0 bridgehead atoms. The molecule has 3 nitrogen and oxygen atoms in total. The third kappa shape index (κ3) is 3.66. The van der Waals surface area contributed by atoms with Crippen LogP contribution in [0.25, 0.3) is 0 Å². The highest BCUT2D eigenvalue weighted by atomic mass is 79.9. The number of aromatic carboxylic acids is 1. The highest BCUT2D eigenvalue weighted by molar-refractivity contribution is 9.10. The van der Waals surface area contributed by atoms with Crippen molar-refractivity contribution in [2.75, 3.05) is 18.1 Å². The van der Waals surface area contributed by atoms with Crippen LogP contribution >= 0.6 is 27.7 Å². The van der Waals surface area contributed by atoms with Crippen LogP contribution in [0.15, 0.2) is 22.7 Å². The van der Waals surface area contributed by atoms with Crippen LogP contribution in [0.4, 0.5) is 5.69 Å². The number of thioether (sulfide) groups is 1. The van der Waals surface area contributed by atoms with Crippen LogP contribution in [0.3, 0.4) is 0 Å². The van der Waals surface area contributed by atoms with Crippen molar-refractivity contribution in [1.82, 2.24) is 0 Å². The zero-order valence-electron chi connectivity index (χ0n) is 10.9. The van der Waals surface area contributed by atoms with Crippen molar-refractivity contribution < 1.29 is 9.90 Å². The van der Waals surface area contributed by atoms with Crippen LogP contribution in [0.2, 0.25) is 0 Å². The summed E-state index contributed by atoms with van der Waals surface area (Å²) >= 11 is 5.28. The molecule has 0 radical (unpaired) electrons. The van der Waals surface area contributed by atoms with Gasteiger partial charge in [-0.2, -0.15) is 11.8 Å². The molecule has 0 unspecified atom stereocenters. The molecule has 0 atom stereocenters. The molecule has 1 saturated carbocycles. The molecule has 0 spiro atoms. The van der Waals surface area contributed by atoms with Gasteiger partial charge in [-0.25, -0.2) is 4.79 Å². The number of benzene rings is 1. The Kier molecular flexibility index (Phi) is 4.79. The minimum Gasteiger partial charge on any atom is -0.478 e. The number of halogens is 1. The first-order valence-corrected chi connectivity index (χ1v) is 8.39. The Morgan fingerprint density at radius 3 is 2.68 bits per heavy atom. The maximum Gasteiger partial charge on any atom is 0.335 e. The summed E-state index contributed by atoms with van der Waals surface area (Å²) in [5.41, 5.74) is 1.17. The van der Waals surface area contributed by atoms with E-state index < -0.39 is 5.97 Å². The van der Waals surface area contributed by atoms with Crippen molar-refractivity contribution in [2.45, 2.75) is 30.4 Å². The van der Waals surface area contributed by atoms with Gasteiger partial charge < -0.3 is 10.4 Å². The van der Waals surface area contributed by atoms with E-state index in [1.54, 1.807) is 12.1 Å². The number of carboxylic acids is 1. The van der Waals surface area contributed by atoms with Crippen LogP contribution in [-0.4, -0.2) is 28.6 Å². The van der Waals surface area contributed by atoms with Gasteiger partial charge in [-0.1, -0.05) is 28.8 Å². The van der Waals surface area contributed by atoms with Gasteiger partial charge in [0, 0.05) is 21.5 Å². The van der Waals surface area contributed by atoms with Gasteiger partial charge in [0.05, 0.1) is 5.56 Å². The van der Waals surface area contributed by atoms with Gasteiger partial charge in [-0.3, -0.25) is 0 Å². The van der Waals surface area contributed by atoms with Crippen LogP contribution in [0, 0.1) is 0 Å². The normalized spacial score (nSPS) is 17.4. The zero-order chi connectivity index (χ0) is 13.9. The molecule has 5 heteroatoms. The van der Waals surface area contributed by atoms with Gasteiger partial charge in [0.25, 0.3) is 0 Å². The van der Waals surface area contributed by atoms with E-state index in [1.165, 1.54) is 25.7 Å². The molecule has 19 heavy (non-hydrogen) atoms. The Bertz CT molecular complexity index is 473. The lowest BCUT2D eigenvalue weighted by molar-refractivity contribution is 0.0697. The molecule has 2 rings (SSSR count). The second-order valence-corrected chi connectivity index (χ2v) is 7.17. The Morgan fingerprint density at radius 1 is 1.42 bits per heavy atom. The maximum absolute atomic E-state index is 11.0. The molecule has 1 fully saturated rings. The van der Waals surface area contributed by atoms with E-state index in [1.807, 2.05) is 17.8 Å². The molecule has 1 aliphatic rings. The smallest absolute Gasteiger partial charge is 0.335 e. The third-order valence-corrected chi connectivity index (χ3v) is 5.58. The lowest BCUT2D eigenvalue weighted by atomic mass is 10.1. The number of carbonyl (C=O) groups is 1. The number of nitrogens with one attached hydrogen (secondary N) is 1. The minimum absolute atomic E-state index is 0.307. The summed E-state index contributed by atoms with van der Waals surface area (Å²) in [5.74, 6) is -0.898. The van der Waals surface area contributed by atoms with Crippen LogP contribution in [0.1, 0.15) is 36.0 Å². The molecule has 0 amide bonds. The van der Waals surface area contributed by atoms with E-state index in [0.717, 1.165) is 16.7 Å². The SMILES string of the molecule is CSC1(CNc2cc(Br)cc(C(=O)O)c2)CCCC1. The van der Waals surface area contributed by atoms with E-state index in [9.17, 15) is 4.79 Å². The standard InChI is InChI=1S/C14H18BrNO2S/c1-19-14(4-2-3-5-14)9-16-12-7-10(13(17)18)6-11(15)8-12/h6-8,16H,2-5,9H2,1H3,(H,17,18). The number of hydrogen-bond acceptors (Lipinski definition) is 3. The van der Waals surface area contributed by atoms with E-state index in [0.29, 0.717) is 10.3 Å². The summed E-state index contributed by atoms with van der Waals surface area (Å²) < 4.78 is 1.10. The van der Waals surface area contributed by atoms with Crippen LogP contribution in [0.5, 0.6) is 0 Å². The van der Waals surface area contributed by atoms with Crippen molar-refractivity contribution >= 4 is 39.3 Å². The fourth-order valence-electron chi connectivity index (χ4n) is 2.55. The molecule has 1 aliphatic carbocycles. The predicted octanol–water partition coefficient (Wildman–Crippen LogP) is 4.24. The van der Waals surface area contributed by atoms with Gasteiger partial charge in [-0.15, -0.1) is 0 Å². The van der Waals surface area contributed by atoms with E-state index >= 15 is 0 Å². The fourth-order valence-corrected chi connectivity index (χ4v) is 3.96. The Morgan fingerprint density at radius 2 is 2.11 bits per heavy atom. The first-order valence-electron chi connectivity index (χ1n) is 6.38. The fraction of sp³-hybridized carbons (Fsp3) is 0.500. The monoisotopic (exact) mass is 343 g/mol. The van der Waals surface area contributed by atoms with Gasteiger partial charge in [0.15, 0.2) is 0 Å². The first kappa shape index (κ1) is 14.7. The molecule has 104 valence electrons. The number of carboxylic acid groups (broad SMARTS) is 1. The summed E-state index contributed by atoms with van der Waals surface area (Å²) in [7, 11) is 0. The molecule has 0 saturated heterocycles. The van der Waals surface area contributed by atoms with Crippen molar-refractivity contribution in [3.63, 3.8) is 0 Å². The first-order chi connectivity index (χ1) is 9.04. The third-order valence-electron chi connectivity index (χ3n) is 3.71. The van der Waals surface area contributed by atoms with E-state index in [-0.39, 0.29) is 0 Å². The molecule has 1 aromatic rings. The summed E-state index contributed by atoms with van der Waals surface area (Å²) in [6.45, 7) is 0.893. The molecule has 0 aromatic heterocycles. The van der Waals surface area contributed by atoms with Crippen molar-refractivity contribution in [3.8, 4) is 0 Å². The highest BCUT2D eigenvalue weighted by Crippen LogP contribution is 2.40. The van der Waals surface area contributed by atoms with Crippen molar-refractivity contribution in [3.05, 3.63) is 28.2 Å². The van der Waals surface area contributed by atoms with Gasteiger partial charge in [0.1, 0.15) is 0 Å². The van der Waals surface area contributed by atoms with Gasteiger partial charge >= 0.3 is 5.97 Å². The quantitative estimate of drug-likeness (QED) is 0.839. The summed E-state index contributed by atoms with van der Waals surface area (Å²) in [6, 6.07) is 5.24. The minimum atomic E-state index is -0.898. The largest absolute Gasteiger partial charge is 0.478 e. The summed E-state index contributed by atoms with van der Waals surface area (Å²) in [6.07, 6.45) is 7.22. The van der Waals surface area contributed by atoms with Gasteiger partial charge in [-0.05, 0) is 37.3 Å². The van der Waals surface area contributed by atoms with Crippen molar-refractivity contribution in [1.29, 1.82) is 0 Å². The van der Waals surface area contributed by atoms with Crippen LogP contribution < -0.4 is 5.32 Å². The van der Waals surface area contributed by atoms with E-state index in [4.69, 9.17) is 5.11 Å². The number of rotatable bonds is 5.